The third kappa shape index (κ3) is 2.46. The fourth-order valence-electron chi connectivity index (χ4n) is 4.01. The standard InChI is InChI=1S/C18H19N7O2/c1-10-7-13(23-22-10)17(26)24-6-2-3-11(9-24)25-15-12-4-5-19-16(12)20-8-14(15)21-18(25)27/h4-5,7-8,11H,2-3,6,9H2,1H3,(H,19,20)(H,21,27)(H,22,23)/t11-/m1/s1. The van der Waals surface area contributed by atoms with E-state index in [1.807, 2.05) is 19.2 Å². The summed E-state index contributed by atoms with van der Waals surface area (Å²) in [7, 11) is 0. The molecule has 1 aliphatic rings. The number of piperidine rings is 1. The van der Waals surface area contributed by atoms with E-state index in [4.69, 9.17) is 0 Å². The van der Waals surface area contributed by atoms with Crippen molar-refractivity contribution < 1.29 is 4.79 Å². The largest absolute Gasteiger partial charge is 0.346 e. The molecule has 5 heterocycles. The molecule has 0 unspecified atom stereocenters. The van der Waals surface area contributed by atoms with Crippen molar-refractivity contribution >= 4 is 28.0 Å². The van der Waals surface area contributed by atoms with E-state index in [1.54, 1.807) is 21.7 Å². The van der Waals surface area contributed by atoms with E-state index in [9.17, 15) is 9.59 Å². The first-order valence-corrected chi connectivity index (χ1v) is 8.99. The van der Waals surface area contributed by atoms with Gasteiger partial charge in [-0.1, -0.05) is 0 Å². The van der Waals surface area contributed by atoms with Gasteiger partial charge >= 0.3 is 5.69 Å². The van der Waals surface area contributed by atoms with Crippen LogP contribution in [0.3, 0.4) is 0 Å². The molecule has 27 heavy (non-hydrogen) atoms. The Kier molecular flexibility index (Phi) is 3.43. The normalized spacial score (nSPS) is 17.8. The van der Waals surface area contributed by atoms with Gasteiger partial charge < -0.3 is 14.9 Å². The van der Waals surface area contributed by atoms with Gasteiger partial charge in [-0.15, -0.1) is 0 Å². The summed E-state index contributed by atoms with van der Waals surface area (Å²) in [6, 6.07) is 3.58. The number of rotatable bonds is 2. The number of pyridine rings is 1. The molecule has 4 aromatic rings. The van der Waals surface area contributed by atoms with Crippen molar-refractivity contribution in [1.82, 2.24) is 34.6 Å². The van der Waals surface area contributed by atoms with Gasteiger partial charge in [0.15, 0.2) is 0 Å². The van der Waals surface area contributed by atoms with Crippen molar-refractivity contribution in [1.29, 1.82) is 0 Å². The number of carbonyl (C=O) groups excluding carboxylic acids is 1. The first-order chi connectivity index (χ1) is 13.1. The number of fused-ring (bicyclic) bond motifs is 3. The lowest BCUT2D eigenvalue weighted by atomic mass is 10.0. The van der Waals surface area contributed by atoms with Crippen LogP contribution in [0, 0.1) is 6.92 Å². The highest BCUT2D eigenvalue weighted by molar-refractivity contribution is 6.01. The van der Waals surface area contributed by atoms with E-state index in [0.29, 0.717) is 24.3 Å². The number of hydrogen-bond donors (Lipinski definition) is 3. The van der Waals surface area contributed by atoms with E-state index < -0.39 is 0 Å². The minimum Gasteiger partial charge on any atom is -0.346 e. The van der Waals surface area contributed by atoms with Gasteiger partial charge in [0.2, 0.25) is 0 Å². The summed E-state index contributed by atoms with van der Waals surface area (Å²) in [4.78, 5) is 37.6. The van der Waals surface area contributed by atoms with Crippen molar-refractivity contribution in [2.24, 2.45) is 0 Å². The molecule has 4 aromatic heterocycles. The van der Waals surface area contributed by atoms with Gasteiger partial charge in [0.1, 0.15) is 11.3 Å². The first-order valence-electron chi connectivity index (χ1n) is 8.99. The predicted molar refractivity (Wildman–Crippen MR) is 99.7 cm³/mol. The first kappa shape index (κ1) is 15.9. The number of aryl methyl sites for hydroxylation is 1. The number of H-pyrrole nitrogens is 3. The zero-order valence-electron chi connectivity index (χ0n) is 14.8. The number of imidazole rings is 1. The lowest BCUT2D eigenvalue weighted by Gasteiger charge is -2.33. The van der Waals surface area contributed by atoms with E-state index >= 15 is 0 Å². The Bertz CT molecular complexity index is 1210. The van der Waals surface area contributed by atoms with Crippen molar-refractivity contribution in [3.63, 3.8) is 0 Å². The Morgan fingerprint density at radius 3 is 3.07 bits per heavy atom. The third-order valence-corrected chi connectivity index (χ3v) is 5.23. The van der Waals surface area contributed by atoms with Crippen LogP contribution in [0.4, 0.5) is 0 Å². The molecule has 1 saturated heterocycles. The van der Waals surface area contributed by atoms with E-state index in [1.165, 1.54) is 0 Å². The van der Waals surface area contributed by atoms with Crippen LogP contribution in [0.1, 0.15) is 35.1 Å². The molecule has 0 aliphatic carbocycles. The zero-order chi connectivity index (χ0) is 18.5. The van der Waals surface area contributed by atoms with Crippen LogP contribution < -0.4 is 5.69 Å². The predicted octanol–water partition coefficient (Wildman–Crippen LogP) is 1.71. The van der Waals surface area contributed by atoms with Crippen molar-refractivity contribution in [3.05, 3.63) is 46.4 Å². The molecule has 0 bridgehead atoms. The molecule has 1 aliphatic heterocycles. The molecule has 0 aromatic carbocycles. The van der Waals surface area contributed by atoms with Gasteiger partial charge in [0.05, 0.1) is 23.3 Å². The molecule has 1 atom stereocenters. The Morgan fingerprint density at radius 1 is 1.37 bits per heavy atom. The highest BCUT2D eigenvalue weighted by atomic mass is 16.2. The SMILES string of the molecule is Cc1cc(C(=O)N2CCC[C@@H](n3c(=O)[nH]c4cnc5[nH]ccc5c43)C2)n[nH]1. The molecular formula is C18H19N7O2. The van der Waals surface area contributed by atoms with Crippen LogP contribution in [0.25, 0.3) is 22.1 Å². The van der Waals surface area contributed by atoms with Gasteiger partial charge in [-0.2, -0.15) is 5.10 Å². The molecule has 5 rings (SSSR count). The highest BCUT2D eigenvalue weighted by Crippen LogP contribution is 2.28. The van der Waals surface area contributed by atoms with Gasteiger partial charge in [-0.05, 0) is 31.9 Å². The average molecular weight is 365 g/mol. The fraction of sp³-hybridized carbons (Fsp3) is 0.333. The van der Waals surface area contributed by atoms with Crippen molar-refractivity contribution in [2.75, 3.05) is 13.1 Å². The van der Waals surface area contributed by atoms with Gasteiger partial charge in [-0.3, -0.25) is 14.5 Å². The van der Waals surface area contributed by atoms with Gasteiger partial charge in [0.25, 0.3) is 5.91 Å². The molecule has 0 radical (unpaired) electrons. The molecule has 3 N–H and O–H groups in total. The number of aromatic amines is 3. The van der Waals surface area contributed by atoms with Crippen LogP contribution in [-0.2, 0) is 0 Å². The fourth-order valence-corrected chi connectivity index (χ4v) is 4.01. The second-order valence-corrected chi connectivity index (χ2v) is 7.04. The molecule has 1 fully saturated rings. The maximum Gasteiger partial charge on any atom is 0.326 e. The number of hydrogen-bond acceptors (Lipinski definition) is 4. The summed E-state index contributed by atoms with van der Waals surface area (Å²) >= 11 is 0. The highest BCUT2D eigenvalue weighted by Gasteiger charge is 2.29. The van der Waals surface area contributed by atoms with Crippen LogP contribution in [0.5, 0.6) is 0 Å². The van der Waals surface area contributed by atoms with Crippen molar-refractivity contribution in [2.45, 2.75) is 25.8 Å². The average Bonchev–Trinajstić information content (AvgIpc) is 3.38. The Morgan fingerprint density at radius 2 is 2.26 bits per heavy atom. The number of nitrogens with one attached hydrogen (secondary N) is 3. The van der Waals surface area contributed by atoms with E-state index in [0.717, 1.165) is 35.1 Å². The lowest BCUT2D eigenvalue weighted by Crippen LogP contribution is -2.42. The molecule has 0 saturated carbocycles. The summed E-state index contributed by atoms with van der Waals surface area (Å²) < 4.78 is 1.78. The molecule has 138 valence electrons. The number of aromatic nitrogens is 6. The van der Waals surface area contributed by atoms with E-state index in [-0.39, 0.29) is 17.6 Å². The summed E-state index contributed by atoms with van der Waals surface area (Å²) in [6.45, 7) is 3.01. The number of carbonyl (C=O) groups is 1. The lowest BCUT2D eigenvalue weighted by molar-refractivity contribution is 0.0674. The monoisotopic (exact) mass is 365 g/mol. The molecule has 1 amide bonds. The molecule has 9 heteroatoms. The summed E-state index contributed by atoms with van der Waals surface area (Å²) in [6.07, 6.45) is 5.16. The van der Waals surface area contributed by atoms with Crippen LogP contribution >= 0.6 is 0 Å². The van der Waals surface area contributed by atoms with Crippen LogP contribution in [0.2, 0.25) is 0 Å². The summed E-state index contributed by atoms with van der Waals surface area (Å²) in [5.41, 5.74) is 3.37. The van der Waals surface area contributed by atoms with Gasteiger partial charge in [-0.25, -0.2) is 9.78 Å². The van der Waals surface area contributed by atoms with E-state index in [2.05, 4.69) is 25.1 Å². The zero-order valence-corrected chi connectivity index (χ0v) is 14.8. The maximum atomic E-state index is 12.8. The smallest absolute Gasteiger partial charge is 0.326 e. The van der Waals surface area contributed by atoms with Crippen LogP contribution in [-0.4, -0.2) is 53.6 Å². The Hall–Kier alpha value is -3.36. The molecular weight excluding hydrogens is 346 g/mol. The second-order valence-electron chi connectivity index (χ2n) is 7.04. The minimum absolute atomic E-state index is 0.0931. The van der Waals surface area contributed by atoms with Crippen LogP contribution in [0.15, 0.2) is 29.3 Å². The molecule has 0 spiro atoms. The van der Waals surface area contributed by atoms with Gasteiger partial charge in [0, 0.05) is 30.4 Å². The third-order valence-electron chi connectivity index (χ3n) is 5.23. The number of nitrogens with zero attached hydrogens (tertiary/aromatic N) is 4. The topological polar surface area (TPSA) is 115 Å². The number of likely N-dealkylation sites (tertiary alicyclic amines) is 1. The number of amides is 1. The minimum atomic E-state index is -0.171. The molecule has 9 nitrogen and oxygen atoms in total. The van der Waals surface area contributed by atoms with Crippen molar-refractivity contribution in [3.8, 4) is 0 Å². The maximum absolute atomic E-state index is 12.8. The Balaban J connectivity index is 1.55. The second kappa shape index (κ2) is 5.83. The summed E-state index contributed by atoms with van der Waals surface area (Å²) in [5, 5.41) is 7.79. The summed E-state index contributed by atoms with van der Waals surface area (Å²) in [5.74, 6) is -0.106. The quantitative estimate of drug-likeness (QED) is 0.501. The Labute approximate surface area is 153 Å².